The third kappa shape index (κ3) is 74.9. The largest absolute Gasteiger partial charge is 0.466 e. The van der Waals surface area contributed by atoms with Crippen LogP contribution >= 0.6 is 0 Å². The molecule has 0 bridgehead atoms. The molecule has 0 radical (unpaired) electrons. The number of esters is 1. The zero-order valence-electron chi connectivity index (χ0n) is 60.9. The average Bonchev–Trinajstić information content (AvgIpc) is 3.69. The van der Waals surface area contributed by atoms with Crippen molar-refractivity contribution in [1.29, 1.82) is 0 Å². The van der Waals surface area contributed by atoms with Crippen molar-refractivity contribution in [2.75, 3.05) is 13.2 Å². The van der Waals surface area contributed by atoms with Gasteiger partial charge in [0.2, 0.25) is 5.91 Å². The molecular weight excluding hydrogens is 1100 g/mol. The van der Waals surface area contributed by atoms with E-state index in [1.165, 1.54) is 360 Å². The quantitative estimate of drug-likeness (QED) is 0.0320. The fraction of sp³-hybridized carbons (Fsp3) is 0.881. The van der Waals surface area contributed by atoms with Crippen molar-refractivity contribution in [3.05, 3.63) is 48.6 Å². The monoisotopic (exact) mass is 1260 g/mol. The normalized spacial score (nSPS) is 12.7. The summed E-state index contributed by atoms with van der Waals surface area (Å²) in [5.74, 6) is -0.0151. The first-order valence-electron chi connectivity index (χ1n) is 40.9. The van der Waals surface area contributed by atoms with Gasteiger partial charge in [-0.25, -0.2) is 0 Å². The van der Waals surface area contributed by atoms with Gasteiger partial charge >= 0.3 is 5.97 Å². The van der Waals surface area contributed by atoms with Gasteiger partial charge in [0, 0.05) is 12.8 Å². The predicted octanol–water partition coefficient (Wildman–Crippen LogP) is 27.2. The average molecular weight is 1260 g/mol. The molecule has 0 saturated carbocycles. The number of aliphatic hydroxyl groups is 2. The number of ether oxygens (including phenoxy) is 1. The smallest absolute Gasteiger partial charge is 0.305 e. The molecule has 2 atom stereocenters. The lowest BCUT2D eigenvalue weighted by atomic mass is 10.0. The number of nitrogens with one attached hydrogen (secondary N) is 1. The summed E-state index contributed by atoms with van der Waals surface area (Å²) in [6, 6.07) is -0.540. The number of allylic oxidation sites excluding steroid dienone is 8. The van der Waals surface area contributed by atoms with Gasteiger partial charge < -0.3 is 20.3 Å². The van der Waals surface area contributed by atoms with Gasteiger partial charge in [0.15, 0.2) is 0 Å². The van der Waals surface area contributed by atoms with E-state index in [0.29, 0.717) is 25.9 Å². The molecule has 0 aromatic rings. The van der Waals surface area contributed by atoms with Crippen LogP contribution in [-0.2, 0) is 14.3 Å². The van der Waals surface area contributed by atoms with Crippen molar-refractivity contribution >= 4 is 11.9 Å². The van der Waals surface area contributed by atoms with Gasteiger partial charge in [-0.15, -0.1) is 0 Å². The van der Waals surface area contributed by atoms with Gasteiger partial charge in [0.1, 0.15) is 0 Å². The Hall–Kier alpha value is -2.18. The van der Waals surface area contributed by atoms with Crippen LogP contribution < -0.4 is 5.32 Å². The molecule has 1 amide bonds. The Morgan fingerprint density at radius 3 is 0.867 bits per heavy atom. The lowest BCUT2D eigenvalue weighted by Crippen LogP contribution is -2.45. The molecule has 0 aliphatic rings. The highest BCUT2D eigenvalue weighted by atomic mass is 16.5. The van der Waals surface area contributed by atoms with Crippen molar-refractivity contribution in [2.24, 2.45) is 0 Å². The van der Waals surface area contributed by atoms with Gasteiger partial charge in [0.25, 0.3) is 0 Å². The second kappa shape index (κ2) is 79.3. The molecule has 0 heterocycles. The molecule has 3 N–H and O–H groups in total. The number of carbonyl (C=O) groups excluding carboxylic acids is 2. The van der Waals surface area contributed by atoms with Crippen molar-refractivity contribution in [1.82, 2.24) is 5.32 Å². The van der Waals surface area contributed by atoms with Crippen LogP contribution in [0.25, 0.3) is 0 Å². The summed E-state index contributed by atoms with van der Waals surface area (Å²) in [6.07, 6.45) is 105. The van der Waals surface area contributed by atoms with Crippen LogP contribution in [0.5, 0.6) is 0 Å². The molecule has 0 aromatic heterocycles. The van der Waals surface area contributed by atoms with Crippen LogP contribution in [0, 0.1) is 0 Å². The van der Waals surface area contributed by atoms with Crippen molar-refractivity contribution in [3.63, 3.8) is 0 Å². The number of hydrogen-bond acceptors (Lipinski definition) is 5. The molecule has 0 saturated heterocycles. The first-order chi connectivity index (χ1) is 44.5. The van der Waals surface area contributed by atoms with Crippen LogP contribution in [0.15, 0.2) is 48.6 Å². The molecule has 90 heavy (non-hydrogen) atoms. The molecular formula is C84H159NO5. The first-order valence-corrected chi connectivity index (χ1v) is 40.9. The maximum absolute atomic E-state index is 12.5. The maximum atomic E-state index is 12.5. The van der Waals surface area contributed by atoms with E-state index in [4.69, 9.17) is 4.74 Å². The Morgan fingerprint density at radius 1 is 0.311 bits per heavy atom. The van der Waals surface area contributed by atoms with Crippen molar-refractivity contribution in [3.8, 4) is 0 Å². The van der Waals surface area contributed by atoms with Gasteiger partial charge in [-0.05, 0) is 89.9 Å². The molecule has 0 aliphatic heterocycles. The Balaban J connectivity index is 3.35. The number of aliphatic hydroxyl groups excluding tert-OH is 2. The highest BCUT2D eigenvalue weighted by molar-refractivity contribution is 5.76. The Bertz CT molecular complexity index is 1500. The second-order valence-corrected chi connectivity index (χ2v) is 28.1. The zero-order valence-corrected chi connectivity index (χ0v) is 60.9. The fourth-order valence-corrected chi connectivity index (χ4v) is 12.9. The minimum atomic E-state index is -0.663. The lowest BCUT2D eigenvalue weighted by molar-refractivity contribution is -0.143. The summed E-state index contributed by atoms with van der Waals surface area (Å²) >= 11 is 0. The molecule has 0 spiro atoms. The highest BCUT2D eigenvalue weighted by Crippen LogP contribution is 2.20. The molecule has 6 nitrogen and oxygen atoms in total. The fourth-order valence-electron chi connectivity index (χ4n) is 12.9. The van der Waals surface area contributed by atoms with E-state index in [2.05, 4.69) is 67.8 Å². The minimum Gasteiger partial charge on any atom is -0.466 e. The van der Waals surface area contributed by atoms with Gasteiger partial charge in [-0.1, -0.05) is 396 Å². The number of hydrogen-bond donors (Lipinski definition) is 3. The van der Waals surface area contributed by atoms with Crippen LogP contribution in [0.4, 0.5) is 0 Å². The number of carbonyl (C=O) groups is 2. The standard InChI is InChI=1S/C84H159NO5/c1-3-5-7-9-11-13-15-17-19-44-48-52-56-60-64-68-72-76-82(87)81(80-86)85-83(88)77-73-69-65-61-57-53-49-46-42-40-38-36-34-32-30-28-26-24-22-21-23-25-27-29-31-33-35-37-39-41-43-47-51-55-59-63-67-71-75-79-90-84(89)78-74-70-66-62-58-54-50-45-20-18-16-14-12-10-8-6-4-2/h12,14,18,20-22,25,27,81-82,86-87H,3-11,13,15-17,19,23-24,26,28-80H2,1-2H3,(H,85,88)/b14-12-,20-18-,22-21-,27-25-. The van der Waals surface area contributed by atoms with Crippen LogP contribution in [0.3, 0.4) is 0 Å². The Morgan fingerprint density at radius 2 is 0.556 bits per heavy atom. The van der Waals surface area contributed by atoms with E-state index < -0.39 is 12.1 Å². The van der Waals surface area contributed by atoms with Crippen LogP contribution in [0.2, 0.25) is 0 Å². The lowest BCUT2D eigenvalue weighted by Gasteiger charge is -2.22. The van der Waals surface area contributed by atoms with Gasteiger partial charge in [0.05, 0.1) is 25.4 Å². The van der Waals surface area contributed by atoms with Crippen LogP contribution in [0.1, 0.15) is 450 Å². The van der Waals surface area contributed by atoms with Crippen LogP contribution in [-0.4, -0.2) is 47.4 Å². The summed E-state index contributed by atoms with van der Waals surface area (Å²) in [5.41, 5.74) is 0. The highest BCUT2D eigenvalue weighted by Gasteiger charge is 2.20. The maximum Gasteiger partial charge on any atom is 0.305 e. The second-order valence-electron chi connectivity index (χ2n) is 28.1. The van der Waals surface area contributed by atoms with E-state index >= 15 is 0 Å². The summed E-state index contributed by atoms with van der Waals surface area (Å²) in [4.78, 5) is 24.6. The first kappa shape index (κ1) is 87.8. The molecule has 0 aliphatic carbocycles. The van der Waals surface area contributed by atoms with Crippen molar-refractivity contribution in [2.45, 2.75) is 463 Å². The molecule has 0 aromatic carbocycles. The third-order valence-electron chi connectivity index (χ3n) is 19.1. The van der Waals surface area contributed by atoms with E-state index in [0.717, 1.165) is 57.8 Å². The van der Waals surface area contributed by atoms with E-state index in [-0.39, 0.29) is 18.5 Å². The molecule has 0 fully saturated rings. The molecule has 2 unspecified atom stereocenters. The predicted molar refractivity (Wildman–Crippen MR) is 398 cm³/mol. The SMILES string of the molecule is CCCCC/C=C\C/C=C\CCCCCCCCCC(=O)OCCCCCCCCCCCCCCCCC/C=C\C/C=C\CCCCCCCCCCCCCCCCCCCC(=O)NC(CO)C(O)CCCCCCCCCCCCCCCCCCC. The molecule has 0 rings (SSSR count). The molecule has 6 heteroatoms. The van der Waals surface area contributed by atoms with E-state index in [9.17, 15) is 19.8 Å². The summed E-state index contributed by atoms with van der Waals surface area (Å²) in [5, 5.41) is 23.4. The third-order valence-corrected chi connectivity index (χ3v) is 19.1. The van der Waals surface area contributed by atoms with Crippen molar-refractivity contribution < 1.29 is 24.5 Å². The number of rotatable bonds is 77. The Kier molecular flexibility index (Phi) is 77.3. The Labute approximate surface area is 563 Å². The van der Waals surface area contributed by atoms with Gasteiger partial charge in [-0.3, -0.25) is 9.59 Å². The minimum absolute atomic E-state index is 0.0130. The molecule has 530 valence electrons. The van der Waals surface area contributed by atoms with E-state index in [1.54, 1.807) is 0 Å². The summed E-state index contributed by atoms with van der Waals surface area (Å²) < 4.78 is 5.51. The summed E-state index contributed by atoms with van der Waals surface area (Å²) in [6.45, 7) is 4.97. The number of amides is 1. The van der Waals surface area contributed by atoms with E-state index in [1.807, 2.05) is 0 Å². The summed E-state index contributed by atoms with van der Waals surface area (Å²) in [7, 11) is 0. The zero-order chi connectivity index (χ0) is 64.9. The topological polar surface area (TPSA) is 95.9 Å². The van der Waals surface area contributed by atoms with Gasteiger partial charge in [-0.2, -0.15) is 0 Å². The number of unbranched alkanes of at least 4 members (excludes halogenated alkanes) is 58.